The van der Waals surface area contributed by atoms with Crippen molar-refractivity contribution >= 4 is 5.82 Å². The van der Waals surface area contributed by atoms with Gasteiger partial charge in [0.1, 0.15) is 5.82 Å². The van der Waals surface area contributed by atoms with Crippen LogP contribution in [0.1, 0.15) is 25.3 Å². The Morgan fingerprint density at radius 3 is 2.83 bits per heavy atom. The van der Waals surface area contributed by atoms with Gasteiger partial charge in [0, 0.05) is 32.4 Å². The normalized spacial score (nSPS) is 17.1. The molecule has 1 saturated carbocycles. The number of hydrogen-bond donors (Lipinski definition) is 1. The van der Waals surface area contributed by atoms with E-state index >= 15 is 0 Å². The fourth-order valence-corrected chi connectivity index (χ4v) is 2.28. The Morgan fingerprint density at radius 2 is 2.28 bits per heavy atom. The van der Waals surface area contributed by atoms with Gasteiger partial charge in [0.25, 0.3) is 0 Å². The van der Waals surface area contributed by atoms with E-state index in [9.17, 15) is 0 Å². The summed E-state index contributed by atoms with van der Waals surface area (Å²) < 4.78 is 5.20. The Balaban J connectivity index is 1.96. The molecule has 4 heteroatoms. The largest absolute Gasteiger partial charge is 0.384 e. The van der Waals surface area contributed by atoms with Gasteiger partial charge >= 0.3 is 0 Å². The van der Waals surface area contributed by atoms with Gasteiger partial charge in [-0.05, 0) is 37.3 Å². The van der Waals surface area contributed by atoms with Crippen LogP contribution < -0.4 is 5.73 Å². The molecule has 1 atom stereocenters. The van der Waals surface area contributed by atoms with Crippen LogP contribution in [0.15, 0.2) is 18.3 Å². The van der Waals surface area contributed by atoms with Gasteiger partial charge in [0.15, 0.2) is 0 Å². The van der Waals surface area contributed by atoms with Gasteiger partial charge in [-0.2, -0.15) is 0 Å². The average molecular weight is 249 g/mol. The predicted octanol–water partition coefficient (Wildman–Crippen LogP) is 1.91. The first kappa shape index (κ1) is 13.3. The molecule has 1 aromatic rings. The number of methoxy groups -OCH3 is 1. The summed E-state index contributed by atoms with van der Waals surface area (Å²) in [5.41, 5.74) is 6.83. The van der Waals surface area contributed by atoms with Crippen molar-refractivity contribution in [1.29, 1.82) is 0 Å². The standard InChI is InChI=1S/C14H23N3O/c1-11(13-4-5-13)17(7-8-18-2)10-12-3-6-14(15)16-9-12/h3,6,9,11,13H,4-5,7-8,10H2,1-2H3,(H2,15,16). The summed E-state index contributed by atoms with van der Waals surface area (Å²) in [6, 6.07) is 4.55. The quantitative estimate of drug-likeness (QED) is 0.802. The Morgan fingerprint density at radius 1 is 1.50 bits per heavy atom. The van der Waals surface area contributed by atoms with Crippen molar-refractivity contribution in [3.05, 3.63) is 23.9 Å². The topological polar surface area (TPSA) is 51.4 Å². The van der Waals surface area contributed by atoms with Crippen LogP contribution in [0.2, 0.25) is 0 Å². The second-order valence-electron chi connectivity index (χ2n) is 5.13. The molecular weight excluding hydrogens is 226 g/mol. The lowest BCUT2D eigenvalue weighted by Crippen LogP contribution is -2.36. The zero-order valence-corrected chi connectivity index (χ0v) is 11.3. The molecule has 2 rings (SSSR count). The van der Waals surface area contributed by atoms with Crippen molar-refractivity contribution in [3.63, 3.8) is 0 Å². The van der Waals surface area contributed by atoms with Crippen molar-refractivity contribution in [2.24, 2.45) is 5.92 Å². The molecule has 0 aliphatic heterocycles. The summed E-state index contributed by atoms with van der Waals surface area (Å²) in [4.78, 5) is 6.63. The number of ether oxygens (including phenoxy) is 1. The van der Waals surface area contributed by atoms with E-state index in [1.807, 2.05) is 12.3 Å². The van der Waals surface area contributed by atoms with Gasteiger partial charge in [-0.1, -0.05) is 6.07 Å². The Labute approximate surface area is 109 Å². The number of pyridine rings is 1. The van der Waals surface area contributed by atoms with Crippen molar-refractivity contribution in [2.75, 3.05) is 26.0 Å². The number of nitrogens with zero attached hydrogens (tertiary/aromatic N) is 2. The first-order chi connectivity index (χ1) is 8.70. The highest BCUT2D eigenvalue weighted by atomic mass is 16.5. The van der Waals surface area contributed by atoms with Gasteiger partial charge in [0.2, 0.25) is 0 Å². The highest BCUT2D eigenvalue weighted by Gasteiger charge is 2.31. The second kappa shape index (κ2) is 6.16. The summed E-state index contributed by atoms with van der Waals surface area (Å²) in [6.07, 6.45) is 4.60. The van der Waals surface area contributed by atoms with E-state index in [0.717, 1.165) is 25.6 Å². The maximum Gasteiger partial charge on any atom is 0.123 e. The lowest BCUT2D eigenvalue weighted by atomic mass is 10.1. The summed E-state index contributed by atoms with van der Waals surface area (Å²) in [5.74, 6) is 1.45. The molecule has 0 aromatic carbocycles. The van der Waals surface area contributed by atoms with Crippen molar-refractivity contribution in [2.45, 2.75) is 32.4 Å². The van der Waals surface area contributed by atoms with Crippen LogP contribution in [0.4, 0.5) is 5.82 Å². The molecule has 0 radical (unpaired) electrons. The third-order valence-corrected chi connectivity index (χ3v) is 3.70. The summed E-state index contributed by atoms with van der Waals surface area (Å²) in [7, 11) is 1.75. The molecule has 0 bridgehead atoms. The molecule has 2 N–H and O–H groups in total. The summed E-state index contributed by atoms with van der Waals surface area (Å²) in [5, 5.41) is 0. The zero-order valence-electron chi connectivity index (χ0n) is 11.3. The third-order valence-electron chi connectivity index (χ3n) is 3.70. The smallest absolute Gasteiger partial charge is 0.123 e. The number of nitrogens with two attached hydrogens (primary N) is 1. The molecule has 0 amide bonds. The lowest BCUT2D eigenvalue weighted by molar-refractivity contribution is 0.111. The maximum absolute atomic E-state index is 5.61. The van der Waals surface area contributed by atoms with Gasteiger partial charge in [0.05, 0.1) is 6.61 Å². The van der Waals surface area contributed by atoms with Crippen LogP contribution in [0.25, 0.3) is 0 Å². The van der Waals surface area contributed by atoms with Crippen LogP contribution in [-0.2, 0) is 11.3 Å². The van der Waals surface area contributed by atoms with Crippen molar-refractivity contribution in [1.82, 2.24) is 9.88 Å². The lowest BCUT2D eigenvalue weighted by Gasteiger charge is -2.29. The minimum Gasteiger partial charge on any atom is -0.384 e. The van der Waals surface area contributed by atoms with E-state index in [4.69, 9.17) is 10.5 Å². The molecule has 0 saturated heterocycles. The molecule has 1 fully saturated rings. The van der Waals surface area contributed by atoms with E-state index in [1.165, 1.54) is 18.4 Å². The molecule has 1 heterocycles. The average Bonchev–Trinajstić information content (AvgIpc) is 3.20. The Hall–Kier alpha value is -1.13. The molecular formula is C14H23N3O. The van der Waals surface area contributed by atoms with Gasteiger partial charge in [-0.15, -0.1) is 0 Å². The number of nitrogen functional groups attached to an aromatic ring is 1. The summed E-state index contributed by atoms with van der Waals surface area (Å²) >= 11 is 0. The van der Waals surface area contributed by atoms with E-state index in [0.29, 0.717) is 11.9 Å². The highest BCUT2D eigenvalue weighted by molar-refractivity contribution is 5.29. The first-order valence-electron chi connectivity index (χ1n) is 6.64. The van der Waals surface area contributed by atoms with E-state index < -0.39 is 0 Å². The van der Waals surface area contributed by atoms with Crippen LogP contribution >= 0.6 is 0 Å². The maximum atomic E-state index is 5.61. The molecule has 1 aromatic heterocycles. The minimum absolute atomic E-state index is 0.581. The number of aromatic nitrogens is 1. The SMILES string of the molecule is COCCN(Cc1ccc(N)nc1)C(C)C1CC1. The molecule has 18 heavy (non-hydrogen) atoms. The Kier molecular flexibility index (Phi) is 4.55. The fourth-order valence-electron chi connectivity index (χ4n) is 2.28. The van der Waals surface area contributed by atoms with Gasteiger partial charge < -0.3 is 10.5 Å². The van der Waals surface area contributed by atoms with Gasteiger partial charge in [-0.3, -0.25) is 4.90 Å². The molecule has 1 unspecified atom stereocenters. The van der Waals surface area contributed by atoms with Crippen molar-refractivity contribution < 1.29 is 4.74 Å². The van der Waals surface area contributed by atoms with Crippen LogP contribution in [0.5, 0.6) is 0 Å². The van der Waals surface area contributed by atoms with E-state index in [1.54, 1.807) is 7.11 Å². The minimum atomic E-state index is 0.581. The number of rotatable bonds is 7. The monoisotopic (exact) mass is 249 g/mol. The Bertz CT molecular complexity index is 362. The van der Waals surface area contributed by atoms with Crippen LogP contribution in [0.3, 0.4) is 0 Å². The number of anilines is 1. The molecule has 1 aliphatic carbocycles. The third kappa shape index (κ3) is 3.68. The molecule has 100 valence electrons. The molecule has 0 spiro atoms. The second-order valence-corrected chi connectivity index (χ2v) is 5.13. The van der Waals surface area contributed by atoms with Crippen LogP contribution in [0, 0.1) is 5.92 Å². The van der Waals surface area contributed by atoms with E-state index in [-0.39, 0.29) is 0 Å². The first-order valence-corrected chi connectivity index (χ1v) is 6.64. The fraction of sp³-hybridized carbons (Fsp3) is 0.643. The molecule has 1 aliphatic rings. The number of hydrogen-bond acceptors (Lipinski definition) is 4. The highest BCUT2D eigenvalue weighted by Crippen LogP contribution is 2.35. The van der Waals surface area contributed by atoms with Crippen molar-refractivity contribution in [3.8, 4) is 0 Å². The molecule has 4 nitrogen and oxygen atoms in total. The summed E-state index contributed by atoms with van der Waals surface area (Å²) in [6.45, 7) is 4.99. The zero-order chi connectivity index (χ0) is 13.0. The predicted molar refractivity (Wildman–Crippen MR) is 73.1 cm³/mol. The van der Waals surface area contributed by atoms with E-state index in [2.05, 4.69) is 22.9 Å². The van der Waals surface area contributed by atoms with Gasteiger partial charge in [-0.25, -0.2) is 4.98 Å². The van der Waals surface area contributed by atoms with Crippen LogP contribution in [-0.4, -0.2) is 36.2 Å².